The maximum atomic E-state index is 14.5. The van der Waals surface area contributed by atoms with Gasteiger partial charge in [-0.2, -0.15) is 18.3 Å². The van der Waals surface area contributed by atoms with Gasteiger partial charge >= 0.3 is 6.18 Å². The third kappa shape index (κ3) is 6.15. The van der Waals surface area contributed by atoms with Crippen LogP contribution >= 0.6 is 11.6 Å². The molecule has 1 aliphatic heterocycles. The topological polar surface area (TPSA) is 84.8 Å². The van der Waals surface area contributed by atoms with Crippen LogP contribution in [0.4, 0.5) is 13.2 Å². The van der Waals surface area contributed by atoms with Crippen molar-refractivity contribution in [1.82, 2.24) is 19.7 Å². The Bertz CT molecular complexity index is 1370. The normalized spacial score (nSPS) is 23.5. The number of aromatic nitrogens is 3. The number of hydrogen-bond acceptors (Lipinski definition) is 6. The maximum absolute atomic E-state index is 14.5. The number of morpholine rings is 1. The van der Waals surface area contributed by atoms with Crippen molar-refractivity contribution in [1.29, 1.82) is 0 Å². The average molecular weight is 595 g/mol. The Morgan fingerprint density at radius 3 is 2.61 bits per heavy atom. The van der Waals surface area contributed by atoms with Crippen LogP contribution in [-0.2, 0) is 22.3 Å². The van der Waals surface area contributed by atoms with Crippen molar-refractivity contribution in [2.24, 2.45) is 0 Å². The van der Waals surface area contributed by atoms with Crippen LogP contribution in [0.3, 0.4) is 0 Å². The predicted molar refractivity (Wildman–Crippen MR) is 147 cm³/mol. The molecule has 0 atom stereocenters. The second-order valence-electron chi connectivity index (χ2n) is 11.4. The third-order valence-electron chi connectivity index (χ3n) is 8.03. The van der Waals surface area contributed by atoms with Gasteiger partial charge in [-0.05, 0) is 38.7 Å². The highest BCUT2D eigenvalue weighted by molar-refractivity contribution is 6.34. The zero-order valence-electron chi connectivity index (χ0n) is 22.8. The minimum atomic E-state index is -4.65. The van der Waals surface area contributed by atoms with Gasteiger partial charge in [0.1, 0.15) is 12.4 Å². The fourth-order valence-corrected chi connectivity index (χ4v) is 5.97. The van der Waals surface area contributed by atoms with E-state index in [-0.39, 0.29) is 31.1 Å². The molecule has 0 spiro atoms. The average Bonchev–Trinajstić information content (AvgIpc) is 3.48. The van der Waals surface area contributed by atoms with Crippen LogP contribution < -0.4 is 4.74 Å². The van der Waals surface area contributed by atoms with E-state index in [1.54, 1.807) is 19.2 Å². The van der Waals surface area contributed by atoms with E-state index in [0.29, 0.717) is 53.0 Å². The van der Waals surface area contributed by atoms with E-state index < -0.39 is 23.5 Å². The molecule has 3 heterocycles. The van der Waals surface area contributed by atoms with Crippen molar-refractivity contribution in [3.05, 3.63) is 46.9 Å². The summed E-state index contributed by atoms with van der Waals surface area (Å²) in [6.45, 7) is 6.03. The van der Waals surface area contributed by atoms with Crippen molar-refractivity contribution in [2.75, 3.05) is 39.5 Å². The van der Waals surface area contributed by atoms with E-state index in [1.807, 2.05) is 12.1 Å². The first-order valence-corrected chi connectivity index (χ1v) is 14.4. The lowest BCUT2D eigenvalue weighted by atomic mass is 9.77. The Kier molecular flexibility index (Phi) is 7.84. The molecule has 1 aromatic carbocycles. The van der Waals surface area contributed by atoms with E-state index >= 15 is 0 Å². The van der Waals surface area contributed by atoms with Crippen molar-refractivity contribution in [2.45, 2.75) is 63.1 Å². The molecule has 2 aromatic heterocycles. The Hall–Kier alpha value is -2.57. The molecule has 0 radical (unpaired) electrons. The van der Waals surface area contributed by atoms with Crippen LogP contribution in [-0.4, -0.2) is 75.9 Å². The van der Waals surface area contributed by atoms with Gasteiger partial charge in [-0.15, -0.1) is 0 Å². The molecule has 0 unspecified atom stereocenters. The molecular formula is C29H34ClF3N4O4. The van der Waals surface area contributed by atoms with Crippen LogP contribution in [0.25, 0.3) is 22.4 Å². The van der Waals surface area contributed by atoms with Crippen LogP contribution in [0.1, 0.15) is 49.9 Å². The van der Waals surface area contributed by atoms with E-state index in [9.17, 15) is 18.3 Å². The molecule has 8 nitrogen and oxygen atoms in total. The molecular weight excluding hydrogens is 561 g/mol. The zero-order valence-corrected chi connectivity index (χ0v) is 23.6. The van der Waals surface area contributed by atoms with E-state index in [0.717, 1.165) is 37.2 Å². The Morgan fingerprint density at radius 1 is 1.17 bits per heavy atom. The van der Waals surface area contributed by atoms with Gasteiger partial charge in [0.05, 0.1) is 54.5 Å². The highest BCUT2D eigenvalue weighted by Gasteiger charge is 2.46. The number of nitrogens with one attached hydrogen (secondary N) is 1. The lowest BCUT2D eigenvalue weighted by Crippen LogP contribution is -2.43. The number of aliphatic hydroxyl groups is 1. The maximum Gasteiger partial charge on any atom is 0.433 e. The predicted octanol–water partition coefficient (Wildman–Crippen LogP) is 5.69. The van der Waals surface area contributed by atoms with Crippen LogP contribution in [0.15, 0.2) is 30.6 Å². The molecule has 2 aliphatic carbocycles. The van der Waals surface area contributed by atoms with E-state index in [4.69, 9.17) is 25.8 Å². The summed E-state index contributed by atoms with van der Waals surface area (Å²) in [5, 5.41) is 14.7. The van der Waals surface area contributed by atoms with Gasteiger partial charge < -0.3 is 24.3 Å². The molecule has 222 valence electrons. The molecule has 3 aliphatic rings. The van der Waals surface area contributed by atoms with Gasteiger partial charge in [-0.3, -0.25) is 9.58 Å². The summed E-state index contributed by atoms with van der Waals surface area (Å²) in [5.74, 6) is 0.509. The fourth-order valence-electron chi connectivity index (χ4n) is 5.69. The minimum Gasteiger partial charge on any atom is -0.491 e. The van der Waals surface area contributed by atoms with Crippen molar-refractivity contribution in [3.63, 3.8) is 0 Å². The molecule has 2 N–H and O–H groups in total. The SMILES string of the molecule is CC1(O)CC(n2ncc(-c3[nH]cc(-c4cccc(OCCN5CCOCC5)c4Cl)c3COC3CC3)c2C(F)(F)F)C1. The Labute approximate surface area is 241 Å². The quantitative estimate of drug-likeness (QED) is 0.314. The minimum absolute atomic E-state index is 0.0567. The second kappa shape index (κ2) is 11.3. The first-order chi connectivity index (χ1) is 19.6. The van der Waals surface area contributed by atoms with Crippen LogP contribution in [0.2, 0.25) is 5.02 Å². The molecule has 3 aromatic rings. The molecule has 0 bridgehead atoms. The largest absolute Gasteiger partial charge is 0.491 e. The highest BCUT2D eigenvalue weighted by Crippen LogP contribution is 2.48. The molecule has 3 fully saturated rings. The number of H-pyrrole nitrogens is 1. The zero-order chi connectivity index (χ0) is 28.8. The summed E-state index contributed by atoms with van der Waals surface area (Å²) in [5.41, 5.74) is 0.272. The van der Waals surface area contributed by atoms with Crippen molar-refractivity contribution < 1.29 is 32.5 Å². The summed E-state index contributed by atoms with van der Waals surface area (Å²) < 4.78 is 61.9. The summed E-state index contributed by atoms with van der Waals surface area (Å²) in [4.78, 5) is 5.34. The lowest BCUT2D eigenvalue weighted by Gasteiger charge is -2.41. The summed E-state index contributed by atoms with van der Waals surface area (Å²) in [7, 11) is 0. The van der Waals surface area contributed by atoms with E-state index in [1.165, 1.54) is 6.20 Å². The monoisotopic (exact) mass is 594 g/mol. The van der Waals surface area contributed by atoms with Crippen LogP contribution in [0, 0.1) is 0 Å². The van der Waals surface area contributed by atoms with Crippen molar-refractivity contribution >= 4 is 11.6 Å². The standard InChI is InChI=1S/C29H34ClF3N4O4/c1-28(38)13-18(14-28)37-27(29(31,32)33)22(16-35-37)26-23(17-41-19-5-6-19)21(15-34-26)20-3-2-4-24(25(20)30)40-12-9-36-7-10-39-11-8-36/h2-4,15-16,18-19,34,38H,5-14,17H2,1H3. The highest BCUT2D eigenvalue weighted by atomic mass is 35.5. The number of benzene rings is 1. The second-order valence-corrected chi connectivity index (χ2v) is 11.8. The summed E-state index contributed by atoms with van der Waals surface area (Å²) >= 11 is 6.84. The molecule has 12 heteroatoms. The Morgan fingerprint density at radius 2 is 1.93 bits per heavy atom. The summed E-state index contributed by atoms with van der Waals surface area (Å²) in [6, 6.07) is 4.91. The number of nitrogens with zero attached hydrogens (tertiary/aromatic N) is 3. The van der Waals surface area contributed by atoms with E-state index in [2.05, 4.69) is 15.0 Å². The number of hydrogen-bond donors (Lipinski definition) is 2. The Balaban J connectivity index is 1.32. The molecule has 6 rings (SSSR count). The molecule has 2 saturated carbocycles. The molecule has 41 heavy (non-hydrogen) atoms. The molecule has 1 saturated heterocycles. The first kappa shape index (κ1) is 28.5. The van der Waals surface area contributed by atoms with Crippen LogP contribution in [0.5, 0.6) is 5.75 Å². The first-order valence-electron chi connectivity index (χ1n) is 14.0. The van der Waals surface area contributed by atoms with Crippen molar-refractivity contribution in [3.8, 4) is 28.1 Å². The fraction of sp³-hybridized carbons (Fsp3) is 0.552. The number of ether oxygens (including phenoxy) is 3. The summed E-state index contributed by atoms with van der Waals surface area (Å²) in [6.07, 6.45) is 0.629. The smallest absolute Gasteiger partial charge is 0.433 e. The van der Waals surface area contributed by atoms with Gasteiger partial charge in [0.15, 0.2) is 5.69 Å². The number of aromatic amines is 1. The number of alkyl halides is 3. The van der Waals surface area contributed by atoms with Gasteiger partial charge in [0.2, 0.25) is 0 Å². The lowest BCUT2D eigenvalue weighted by molar-refractivity contribution is -0.148. The van der Waals surface area contributed by atoms with Gasteiger partial charge in [0.25, 0.3) is 0 Å². The van der Waals surface area contributed by atoms with Gasteiger partial charge in [-0.1, -0.05) is 23.7 Å². The third-order valence-corrected chi connectivity index (χ3v) is 8.42. The van der Waals surface area contributed by atoms with Gasteiger partial charge in [0, 0.05) is 48.1 Å². The molecule has 0 amide bonds. The number of halogens is 4. The van der Waals surface area contributed by atoms with Gasteiger partial charge in [-0.25, -0.2) is 0 Å². The number of rotatable bonds is 10.